The van der Waals surface area contributed by atoms with Crippen molar-refractivity contribution < 1.29 is 136 Å². The van der Waals surface area contributed by atoms with Crippen LogP contribution in [0, 0.1) is 55.7 Å². The van der Waals surface area contributed by atoms with E-state index in [0.29, 0.717) is 106 Å². The molecule has 6 N–H and O–H groups in total. The van der Waals surface area contributed by atoms with Gasteiger partial charge in [-0.05, 0) is 155 Å². The first-order valence-corrected chi connectivity index (χ1v) is 42.2. The number of hydrogen-bond acceptors (Lipinski definition) is 20. The van der Waals surface area contributed by atoms with Crippen LogP contribution < -0.4 is 52.5 Å². The van der Waals surface area contributed by atoms with Gasteiger partial charge < -0.3 is 82.7 Å². The lowest BCUT2D eigenvalue weighted by Crippen LogP contribution is -2.44. The maximum atomic E-state index is 15.0. The van der Waals surface area contributed by atoms with Gasteiger partial charge in [0.05, 0.1) is 64.4 Å². The minimum absolute atomic E-state index is 0.0592. The predicted molar refractivity (Wildman–Crippen MR) is 471 cm³/mol. The molecule has 0 fully saturated rings. The molecular weight excluding hydrogens is 1880 g/mol. The molecule has 6 atom stereocenters. The van der Waals surface area contributed by atoms with E-state index in [1.54, 1.807) is 59.4 Å². The molecule has 0 unspecified atom stereocenters. The van der Waals surface area contributed by atoms with Gasteiger partial charge >= 0.3 is 42.6 Å². The molecule has 8 aromatic heterocycles. The third-order valence-electron chi connectivity index (χ3n) is 22.4. The number of benzene rings is 4. The molecule has 0 saturated heterocycles. The number of alkyl halides is 12. The summed E-state index contributed by atoms with van der Waals surface area (Å²) in [5.41, 5.74) is -1.78. The molecule has 28 nitrogen and oxygen atoms in total. The average molecular weight is 1970 g/mol. The maximum absolute atomic E-state index is 15.0. The summed E-state index contributed by atoms with van der Waals surface area (Å²) >= 11 is 0. The molecular formula is C93H92F18N14O14. The maximum Gasteiger partial charge on any atom is 0.417 e. The van der Waals surface area contributed by atoms with Gasteiger partial charge in [-0.1, -0.05) is 20.8 Å². The number of amides is 3. The Morgan fingerprint density at radius 1 is 0.403 bits per heavy atom. The summed E-state index contributed by atoms with van der Waals surface area (Å²) in [6, 6.07) is 8.07. The number of nitrogens with zero attached hydrogens (tertiary/aromatic N) is 8. The molecule has 12 aromatic rings. The van der Waals surface area contributed by atoms with Gasteiger partial charge in [0.1, 0.15) is 116 Å². The zero-order valence-corrected chi connectivity index (χ0v) is 76.4. The summed E-state index contributed by atoms with van der Waals surface area (Å²) in [6.07, 6.45) is -12.3. The van der Waals surface area contributed by atoms with Gasteiger partial charge in [0.25, 0.3) is 28.8 Å². The smallest absolute Gasteiger partial charge is 0.417 e. The van der Waals surface area contributed by atoms with E-state index in [4.69, 9.17) is 28.4 Å². The number of esters is 3. The van der Waals surface area contributed by atoms with E-state index in [1.807, 2.05) is 48.0 Å². The minimum Gasteiger partial charge on any atom is -0.496 e. The van der Waals surface area contributed by atoms with E-state index in [1.165, 1.54) is 94.9 Å². The number of aromatic nitrogens is 8. The van der Waals surface area contributed by atoms with Gasteiger partial charge in [0, 0.05) is 139 Å². The highest BCUT2D eigenvalue weighted by Crippen LogP contribution is 2.44. The first kappa shape index (κ1) is 106. The first-order valence-electron chi connectivity index (χ1n) is 42.2. The number of hydrogen-bond donors (Lipinski definition) is 6. The molecule has 0 aliphatic rings. The van der Waals surface area contributed by atoms with Crippen molar-refractivity contribution in [2.45, 2.75) is 155 Å². The fourth-order valence-electron chi connectivity index (χ4n) is 15.2. The topological polar surface area (TPSA) is 326 Å². The van der Waals surface area contributed by atoms with Crippen LogP contribution in [-0.4, -0.2) is 170 Å². The van der Waals surface area contributed by atoms with Gasteiger partial charge in [-0.2, -0.15) is 52.7 Å². The summed E-state index contributed by atoms with van der Waals surface area (Å²) in [6.45, 7) is 11.4. The van der Waals surface area contributed by atoms with Gasteiger partial charge in [-0.15, -0.1) is 0 Å². The van der Waals surface area contributed by atoms with E-state index in [-0.39, 0.29) is 41.0 Å². The largest absolute Gasteiger partial charge is 0.496 e. The summed E-state index contributed by atoms with van der Waals surface area (Å²) in [5.74, 6) is -14.7. The van der Waals surface area contributed by atoms with Crippen molar-refractivity contribution in [1.29, 1.82) is 0 Å². The van der Waals surface area contributed by atoms with Crippen LogP contribution in [0.15, 0.2) is 144 Å². The minimum atomic E-state index is -4.90. The molecule has 46 heteroatoms. The Morgan fingerprint density at radius 3 is 0.978 bits per heavy atom. The molecule has 3 amide bonds. The summed E-state index contributed by atoms with van der Waals surface area (Å²) in [5, 5.41) is 12.7. The number of ether oxygens (including phenoxy) is 6. The quantitative estimate of drug-likeness (QED) is 0.0130. The van der Waals surface area contributed by atoms with Crippen molar-refractivity contribution >= 4 is 69.6 Å². The van der Waals surface area contributed by atoms with E-state index in [2.05, 4.69) is 30.9 Å². The van der Waals surface area contributed by atoms with Crippen LogP contribution >= 0.6 is 0 Å². The average Bonchev–Trinajstić information content (AvgIpc) is 1.10. The second-order valence-electron chi connectivity index (χ2n) is 31.4. The molecule has 0 saturated carbocycles. The van der Waals surface area contributed by atoms with Crippen LogP contribution in [0.4, 0.5) is 96.1 Å². The van der Waals surface area contributed by atoms with E-state index < -0.39 is 208 Å². The van der Waals surface area contributed by atoms with Crippen LogP contribution in [0.1, 0.15) is 123 Å². The Balaban J connectivity index is 0.000000215. The number of methoxy groups -OCH3 is 5. The van der Waals surface area contributed by atoms with Crippen LogP contribution in [-0.2, 0) is 79.5 Å². The van der Waals surface area contributed by atoms with Crippen molar-refractivity contribution in [2.75, 3.05) is 58.1 Å². The molecule has 139 heavy (non-hydrogen) atoms. The van der Waals surface area contributed by atoms with Crippen LogP contribution in [0.3, 0.4) is 0 Å². The Hall–Kier alpha value is -14.6. The Kier molecular flexibility index (Phi) is 33.9. The molecule has 744 valence electrons. The van der Waals surface area contributed by atoms with E-state index in [0.717, 1.165) is 48.8 Å². The lowest BCUT2D eigenvalue weighted by atomic mass is 9.99. The third kappa shape index (κ3) is 24.1. The summed E-state index contributed by atoms with van der Waals surface area (Å²) in [4.78, 5) is 116. The van der Waals surface area contributed by atoms with Crippen molar-refractivity contribution in [2.24, 2.45) is 14.1 Å². The van der Waals surface area contributed by atoms with Gasteiger partial charge in [0.2, 0.25) is 0 Å². The fourth-order valence-corrected chi connectivity index (χ4v) is 15.2. The van der Waals surface area contributed by atoms with Crippen LogP contribution in [0.2, 0.25) is 0 Å². The molecule has 4 aromatic carbocycles. The number of halogens is 18. The molecule has 0 aliphatic heterocycles. The monoisotopic (exact) mass is 1970 g/mol. The molecule has 8 heterocycles. The van der Waals surface area contributed by atoms with Crippen LogP contribution in [0.5, 0.6) is 11.5 Å². The number of aryl methyl sites for hydroxylation is 3. The number of carbonyl (C=O) groups is 6. The Morgan fingerprint density at radius 2 is 0.698 bits per heavy atom. The zero-order chi connectivity index (χ0) is 103. The summed E-state index contributed by atoms with van der Waals surface area (Å²) in [7, 11) is 9.12. The fraction of sp³-hybridized carbons (Fsp3) is 0.344. The van der Waals surface area contributed by atoms with Crippen LogP contribution in [0.25, 0.3) is 50.3 Å². The highest BCUT2D eigenvalue weighted by atomic mass is 19.4. The van der Waals surface area contributed by atoms with Crippen molar-refractivity contribution in [3.63, 3.8) is 0 Å². The van der Waals surface area contributed by atoms with E-state index in [9.17, 15) is 117 Å². The molecule has 0 radical (unpaired) electrons. The number of fused-ring (bicyclic) bond motifs is 3. The standard InChI is InChI=1S/C33H35F5N4O6.C30H27F8N5O4.C30H30F5N5O4/c1-6-27(33(36,37)38)40-19-14-22(34)29(23(35)15-19)31(43)41-24(32(44)47-5)16-20-8-9-21(30-39-10-11-42(20)30)28-25(45-3)12-18(17-48-7-2)13-26(28)46-4;1-5-22(30(36,37)38)40-15-11-19(31)24(20(32)12-15)26(44)41-21(28(46)47-4)13-16-6-7-17(25-39-8-9-43(16)25)23-18(29(33,34)35)10-14(2)42(3)27(23)45;1-6-23(30(33,34)35)37-17-12-20(31)25(21(32)13-17)27(41)38-22(29(43)44-5)14-18-7-8-19(26-36-9-10-40(18)26)24-15(2)11-16(3)39(4)28(24)42/h8-15,24,27,40H,6-7,16-17H2,1-5H3,(H,41,43);6-12,21-22,40H,5,13H2,1-4H3,(H,41,44);7-13,22-23,37H,6,14H2,1-5H3,(H,38,41)/t24-,27-;21-,22+;22-,23+/m000/s1. The highest BCUT2D eigenvalue weighted by molar-refractivity contribution is 6.00. The highest BCUT2D eigenvalue weighted by Gasteiger charge is 2.43. The number of imidazole rings is 3. The second kappa shape index (κ2) is 44.2. The number of pyridine rings is 5. The number of anilines is 3. The number of carbonyl (C=O) groups excluding carboxylic acids is 6. The zero-order valence-electron chi connectivity index (χ0n) is 76.4. The molecule has 0 spiro atoms. The Labute approximate surface area is 779 Å². The van der Waals surface area contributed by atoms with Crippen molar-refractivity contribution in [3.05, 3.63) is 252 Å². The third-order valence-corrected chi connectivity index (χ3v) is 22.4. The van der Waals surface area contributed by atoms with Crippen molar-refractivity contribution in [3.8, 4) is 44.9 Å². The number of rotatable bonds is 32. The van der Waals surface area contributed by atoms with Gasteiger partial charge in [-0.3, -0.25) is 24.0 Å². The second-order valence-corrected chi connectivity index (χ2v) is 31.4. The van der Waals surface area contributed by atoms with Gasteiger partial charge in [0.15, 0.2) is 0 Å². The first-order chi connectivity index (χ1) is 65.4. The van der Waals surface area contributed by atoms with E-state index >= 15 is 0 Å². The molecule has 12 rings (SSSR count). The normalized spacial score (nSPS) is 13.1. The lowest BCUT2D eigenvalue weighted by Gasteiger charge is -2.22. The number of nitrogens with one attached hydrogen (secondary N) is 6. The summed E-state index contributed by atoms with van der Waals surface area (Å²) < 4.78 is 288. The Bertz CT molecular complexity index is 6630. The molecule has 0 bridgehead atoms. The SMILES string of the molecule is CCOCc1cc(OC)c(-c2ccc(C[C@H](NC(=O)c3c(F)cc(N[C@@H](CC)C(F)(F)F)cc3F)C(=O)OC)n3ccnc23)c(OC)c1.CC[C@@H](Nc1cc(F)c(C(=O)N[C@@H](Cc2ccc(-c3c(C(F)(F)F)cc(C)n(C)c3=O)c3nccn23)C(=O)OC)c(F)c1)C(F)(F)F.CC[C@@H](Nc1cc(F)c(C(=O)N[C@@H](Cc2ccc(-c3c(C)cc(C)n(C)c3=O)c3nccn23)C(=O)OC)c(F)c1)C(F)(F)F. The molecule has 0 aliphatic carbocycles. The lowest BCUT2D eigenvalue weighted by molar-refractivity contribution is -0.143. The van der Waals surface area contributed by atoms with Crippen molar-refractivity contribution in [1.82, 2.24) is 53.2 Å². The predicted octanol–water partition coefficient (Wildman–Crippen LogP) is 16.5. The van der Waals surface area contributed by atoms with Gasteiger partial charge in [-0.25, -0.2) is 55.7 Å².